The van der Waals surface area contributed by atoms with E-state index in [4.69, 9.17) is 39.1 Å². The molecule has 6 aromatic rings. The Bertz CT molecular complexity index is 2440. The van der Waals surface area contributed by atoms with Crippen molar-refractivity contribution in [1.82, 2.24) is 35.2 Å². The highest BCUT2D eigenvalue weighted by atomic mass is 79.9. The van der Waals surface area contributed by atoms with Gasteiger partial charge in [0.1, 0.15) is 25.9 Å². The zero-order chi connectivity index (χ0) is 48.4. The number of hydrogen-bond donors (Lipinski definition) is 5. The number of aryl methyl sites for hydroxylation is 1. The minimum absolute atomic E-state index is 0.0639. The summed E-state index contributed by atoms with van der Waals surface area (Å²) in [5.74, 6) is -0.760. The van der Waals surface area contributed by atoms with E-state index in [-0.39, 0.29) is 45.8 Å². The van der Waals surface area contributed by atoms with Gasteiger partial charge in [0.15, 0.2) is 0 Å². The molecule has 68 heavy (non-hydrogen) atoms. The summed E-state index contributed by atoms with van der Waals surface area (Å²) in [6.45, 7) is 5.44. The molecule has 0 saturated carbocycles. The molecule has 0 aliphatic rings. The normalized spacial score (nSPS) is 12.0. The lowest BCUT2D eigenvalue weighted by molar-refractivity contribution is -0.140. The van der Waals surface area contributed by atoms with Crippen molar-refractivity contribution >= 4 is 43.8 Å². The Morgan fingerprint density at radius 2 is 1.09 bits per heavy atom. The number of nitrogens with one attached hydrogen (secondary N) is 1. The van der Waals surface area contributed by atoms with E-state index >= 15 is 0 Å². The molecule has 4 aromatic heterocycles. The van der Waals surface area contributed by atoms with Crippen molar-refractivity contribution in [2.45, 2.75) is 90.8 Å². The molecule has 0 radical (unpaired) electrons. The molecule has 0 saturated heterocycles. The molecule has 17 nitrogen and oxygen atoms in total. The number of benzene rings is 2. The summed E-state index contributed by atoms with van der Waals surface area (Å²) in [7, 11) is 0. The third-order valence-electron chi connectivity index (χ3n) is 10.9. The maximum Gasteiger partial charge on any atom is 0.306 e. The summed E-state index contributed by atoms with van der Waals surface area (Å²) < 4.78 is 26.3. The second kappa shape index (κ2) is 25.9. The smallest absolute Gasteiger partial charge is 0.306 e. The fraction of sp³-hybridized carbons (Fsp3) is 0.347. The highest BCUT2D eigenvalue weighted by molar-refractivity contribution is 9.10. The van der Waals surface area contributed by atoms with Crippen molar-refractivity contribution in [2.75, 3.05) is 19.8 Å². The first-order valence-electron chi connectivity index (χ1n) is 21.9. The molecule has 0 amide bonds. The lowest BCUT2D eigenvalue weighted by Crippen LogP contribution is -2.28. The SMILES string of the molecule is Cc1c(COc2nc(OCCc3cncnc3)c(CCC[C@@H](O)CC(=O)O)cc2Br)cccc1-c1cccc(COc2nc(OCCc3cncnc3)c(CNC[C@@H](O)CC(=O)O)cc2Br)c1C. The molecule has 4 heterocycles. The number of aliphatic hydroxyl groups excluding tert-OH is 2. The van der Waals surface area contributed by atoms with Crippen molar-refractivity contribution in [3.63, 3.8) is 0 Å². The van der Waals surface area contributed by atoms with Crippen molar-refractivity contribution in [3.8, 4) is 34.6 Å². The number of aliphatic carboxylic acids is 2. The Morgan fingerprint density at radius 1 is 0.618 bits per heavy atom. The number of hydrogen-bond acceptors (Lipinski definition) is 15. The first-order valence-corrected chi connectivity index (χ1v) is 23.5. The molecule has 0 bridgehead atoms. The number of carboxylic acids is 2. The van der Waals surface area contributed by atoms with Crippen LogP contribution in [0.5, 0.6) is 23.5 Å². The van der Waals surface area contributed by atoms with Gasteiger partial charge in [-0.05, 0) is 122 Å². The number of aliphatic hydroxyl groups is 2. The molecule has 0 aliphatic carbocycles. The van der Waals surface area contributed by atoms with E-state index in [2.05, 4.69) is 83.1 Å². The fourth-order valence-electron chi connectivity index (χ4n) is 7.23. The maximum absolute atomic E-state index is 11.1. The first kappa shape index (κ1) is 51.3. The van der Waals surface area contributed by atoms with E-state index < -0.39 is 24.1 Å². The maximum atomic E-state index is 11.1. The van der Waals surface area contributed by atoms with Gasteiger partial charge in [-0.1, -0.05) is 36.4 Å². The lowest BCUT2D eigenvalue weighted by Gasteiger charge is -2.18. The van der Waals surface area contributed by atoms with Gasteiger partial charge in [-0.2, -0.15) is 9.97 Å². The van der Waals surface area contributed by atoms with E-state index in [1.54, 1.807) is 24.8 Å². The van der Waals surface area contributed by atoms with E-state index in [0.29, 0.717) is 76.7 Å². The average molecular weight is 1060 g/mol. The van der Waals surface area contributed by atoms with Crippen molar-refractivity contribution in [1.29, 1.82) is 0 Å². The molecule has 0 aliphatic heterocycles. The van der Waals surface area contributed by atoms with Crippen LogP contribution in [0.1, 0.15) is 70.2 Å². The van der Waals surface area contributed by atoms with Gasteiger partial charge in [0.25, 0.3) is 0 Å². The fourth-order valence-corrected chi connectivity index (χ4v) is 8.19. The predicted molar refractivity (Wildman–Crippen MR) is 258 cm³/mol. The van der Waals surface area contributed by atoms with E-state index in [1.165, 1.54) is 12.7 Å². The molecular formula is C49H53Br2N7O10. The van der Waals surface area contributed by atoms with Gasteiger partial charge in [-0.15, -0.1) is 0 Å². The second-order valence-corrected chi connectivity index (χ2v) is 17.7. The number of carbonyl (C=O) groups is 2. The van der Waals surface area contributed by atoms with Crippen LogP contribution >= 0.6 is 31.9 Å². The Hall–Kier alpha value is -6.12. The van der Waals surface area contributed by atoms with Gasteiger partial charge in [-0.3, -0.25) is 9.59 Å². The largest absolute Gasteiger partial charge is 0.481 e. The van der Waals surface area contributed by atoms with Crippen molar-refractivity contribution in [3.05, 3.63) is 139 Å². The third-order valence-corrected chi connectivity index (χ3v) is 12.0. The summed E-state index contributed by atoms with van der Waals surface area (Å²) in [6, 6.07) is 15.9. The van der Waals surface area contributed by atoms with Gasteiger partial charge in [-0.25, -0.2) is 19.9 Å². The highest BCUT2D eigenvalue weighted by Gasteiger charge is 2.19. The van der Waals surface area contributed by atoms with Crippen LogP contribution < -0.4 is 24.3 Å². The average Bonchev–Trinajstić information content (AvgIpc) is 3.30. The van der Waals surface area contributed by atoms with Crippen LogP contribution in [0, 0.1) is 13.8 Å². The number of pyridine rings is 2. The Balaban J connectivity index is 1.15. The Kier molecular flexibility index (Phi) is 19.5. The standard InChI is InChI=1S/C49H53Br2N7O10/c1-30-35(26-67-48-42(50)16-34(6-3-9-38(59)18-44(61)62)46(57-48)65-14-12-32-20-53-28-54-21-32)7-4-10-40(30)41-11-5-8-36(31(41)2)27-68-49-43(51)17-37(24-52-25-39(60)19-45(63)64)47(58-49)66-15-13-33-22-55-29-56-23-33/h4-5,7-8,10-11,16-17,20-23,28-29,38-39,52,59-60H,3,6,9,12-15,18-19,24-27H2,1-2H3,(H,61,62)(H,63,64)/t38-,39+/m1/s1. The summed E-state index contributed by atoms with van der Waals surface area (Å²) >= 11 is 7.26. The van der Waals surface area contributed by atoms with E-state index in [0.717, 1.165) is 50.1 Å². The van der Waals surface area contributed by atoms with Crippen LogP contribution in [0.3, 0.4) is 0 Å². The zero-order valence-corrected chi connectivity index (χ0v) is 40.8. The highest BCUT2D eigenvalue weighted by Crippen LogP contribution is 2.35. The van der Waals surface area contributed by atoms with Crippen molar-refractivity contribution in [2.24, 2.45) is 0 Å². The summed E-state index contributed by atoms with van der Waals surface area (Å²) in [4.78, 5) is 47.9. The van der Waals surface area contributed by atoms with Gasteiger partial charge in [0.2, 0.25) is 23.5 Å². The minimum Gasteiger partial charge on any atom is -0.481 e. The lowest BCUT2D eigenvalue weighted by atomic mass is 9.92. The van der Waals surface area contributed by atoms with E-state index in [1.807, 2.05) is 36.4 Å². The molecule has 0 spiro atoms. The zero-order valence-electron chi connectivity index (χ0n) is 37.6. The molecule has 2 aromatic carbocycles. The van der Waals surface area contributed by atoms with Crippen molar-refractivity contribution < 1.29 is 49.0 Å². The molecule has 19 heteroatoms. The molecule has 5 N–H and O–H groups in total. The van der Waals surface area contributed by atoms with E-state index in [9.17, 15) is 19.8 Å². The first-order chi connectivity index (χ1) is 32.8. The molecule has 6 rings (SSSR count). The molecule has 0 fully saturated rings. The van der Waals surface area contributed by atoms with Crippen LogP contribution in [0.25, 0.3) is 11.1 Å². The number of halogens is 2. The van der Waals surface area contributed by atoms with Crippen LogP contribution in [-0.4, -0.2) is 94.2 Å². The number of ether oxygens (including phenoxy) is 4. The number of aromatic nitrogens is 6. The Morgan fingerprint density at radius 3 is 1.59 bits per heavy atom. The number of nitrogens with zero attached hydrogens (tertiary/aromatic N) is 6. The summed E-state index contributed by atoms with van der Waals surface area (Å²) in [6.07, 6.45) is 9.55. The van der Waals surface area contributed by atoms with Crippen LogP contribution in [-0.2, 0) is 48.6 Å². The quantitative estimate of drug-likeness (QED) is 0.0339. The molecule has 2 atom stereocenters. The van der Waals surface area contributed by atoms with Crippen LogP contribution in [0.4, 0.5) is 0 Å². The minimum atomic E-state index is -1.09. The summed E-state index contributed by atoms with van der Waals surface area (Å²) in [5.41, 5.74) is 9.26. The Labute approximate surface area is 410 Å². The van der Waals surface area contributed by atoms with Crippen LogP contribution in [0.15, 0.2) is 94.9 Å². The molecule has 0 unspecified atom stereocenters. The van der Waals surface area contributed by atoms with Crippen LogP contribution in [0.2, 0.25) is 0 Å². The third kappa shape index (κ3) is 15.5. The molecular weight excluding hydrogens is 1010 g/mol. The monoisotopic (exact) mass is 1060 g/mol. The number of rotatable bonds is 27. The topological polar surface area (TPSA) is 241 Å². The molecule has 358 valence electrons. The van der Waals surface area contributed by atoms with Gasteiger partial charge in [0, 0.05) is 61.8 Å². The predicted octanol–water partition coefficient (Wildman–Crippen LogP) is 7.35. The van der Waals surface area contributed by atoms with Gasteiger partial charge in [0.05, 0.1) is 47.2 Å². The van der Waals surface area contributed by atoms with Gasteiger partial charge >= 0.3 is 11.9 Å². The second-order valence-electron chi connectivity index (χ2n) is 16.0. The summed E-state index contributed by atoms with van der Waals surface area (Å²) in [5, 5.41) is 41.4. The van der Waals surface area contributed by atoms with Gasteiger partial charge < -0.3 is 44.7 Å². The number of carboxylic acid groups (broad SMARTS) is 2.